The van der Waals surface area contributed by atoms with Gasteiger partial charge in [-0.15, -0.1) is 0 Å². The molecule has 0 bridgehead atoms. The summed E-state index contributed by atoms with van der Waals surface area (Å²) in [4.78, 5) is 8.72. The maximum atomic E-state index is 4.44. The van der Waals surface area contributed by atoms with Crippen molar-refractivity contribution in [3.8, 4) is 0 Å². The molecule has 0 amide bonds. The smallest absolute Gasteiger partial charge is 0.144 e. The molecule has 1 rings (SSSR count). The molecular weight excluding hydrogens is 274 g/mol. The Morgan fingerprint density at radius 2 is 2.27 bits per heavy atom. The van der Waals surface area contributed by atoms with Crippen molar-refractivity contribution in [2.24, 2.45) is 0 Å². The molecule has 1 aromatic rings. The number of nitrogens with zero attached hydrogens (tertiary/aromatic N) is 2. The van der Waals surface area contributed by atoms with E-state index < -0.39 is 0 Å². The van der Waals surface area contributed by atoms with Gasteiger partial charge in [0.15, 0.2) is 0 Å². The molecule has 0 fully saturated rings. The summed E-state index contributed by atoms with van der Waals surface area (Å²) in [6.07, 6.45) is 1.81. The molecule has 1 N–H and O–H groups in total. The Kier molecular flexibility index (Phi) is 5.39. The molecule has 15 heavy (non-hydrogen) atoms. The van der Waals surface area contributed by atoms with Crippen molar-refractivity contribution in [1.82, 2.24) is 9.97 Å². The molecule has 0 saturated carbocycles. The Bertz CT molecular complexity index is 318. The molecule has 1 aromatic heterocycles. The van der Waals surface area contributed by atoms with E-state index in [1.165, 1.54) is 0 Å². The van der Waals surface area contributed by atoms with E-state index in [9.17, 15) is 0 Å². The molecule has 0 aliphatic carbocycles. The highest BCUT2D eigenvalue weighted by molar-refractivity contribution is 9.10. The minimum absolute atomic E-state index is 0.611. The summed E-state index contributed by atoms with van der Waals surface area (Å²) in [5.41, 5.74) is 0. The topological polar surface area (TPSA) is 37.8 Å². The molecule has 0 atom stereocenters. The van der Waals surface area contributed by atoms with Crippen LogP contribution in [0.3, 0.4) is 0 Å². The number of nitrogens with one attached hydrogen (secondary N) is 1. The fourth-order valence-corrected chi connectivity index (χ4v) is 1.96. The molecule has 0 aromatic carbocycles. The van der Waals surface area contributed by atoms with Crippen molar-refractivity contribution >= 4 is 33.5 Å². The van der Waals surface area contributed by atoms with Gasteiger partial charge in [0, 0.05) is 12.7 Å². The Morgan fingerprint density at radius 3 is 2.87 bits per heavy atom. The number of rotatable bonds is 5. The number of hydrogen-bond acceptors (Lipinski definition) is 4. The number of hydrogen-bond donors (Lipinski definition) is 1. The van der Waals surface area contributed by atoms with E-state index in [0.717, 1.165) is 28.4 Å². The fraction of sp³-hybridized carbons (Fsp3) is 0.600. The Morgan fingerprint density at radius 1 is 1.53 bits per heavy atom. The van der Waals surface area contributed by atoms with E-state index in [2.05, 4.69) is 52.0 Å². The molecule has 0 spiro atoms. The highest BCUT2D eigenvalue weighted by Crippen LogP contribution is 2.21. The van der Waals surface area contributed by atoms with Gasteiger partial charge in [0.05, 0.1) is 10.2 Å². The zero-order valence-corrected chi connectivity index (χ0v) is 11.7. The van der Waals surface area contributed by atoms with Gasteiger partial charge in [-0.1, -0.05) is 13.8 Å². The van der Waals surface area contributed by atoms with Crippen molar-refractivity contribution < 1.29 is 0 Å². The quantitative estimate of drug-likeness (QED) is 0.902. The highest BCUT2D eigenvalue weighted by atomic mass is 79.9. The molecule has 0 radical (unpaired) electrons. The van der Waals surface area contributed by atoms with Gasteiger partial charge in [-0.2, -0.15) is 11.8 Å². The lowest BCUT2D eigenvalue weighted by molar-refractivity contribution is 1.00. The summed E-state index contributed by atoms with van der Waals surface area (Å²) in [5, 5.41) is 3.81. The van der Waals surface area contributed by atoms with Crippen molar-refractivity contribution in [3.63, 3.8) is 0 Å². The molecule has 1 heterocycles. The van der Waals surface area contributed by atoms with E-state index in [1.807, 2.05) is 11.8 Å². The van der Waals surface area contributed by atoms with Gasteiger partial charge in [-0.05, 0) is 28.1 Å². The first kappa shape index (κ1) is 12.8. The number of halogens is 1. The monoisotopic (exact) mass is 289 g/mol. The minimum atomic E-state index is 0.611. The third-order valence-electron chi connectivity index (χ3n) is 1.68. The van der Waals surface area contributed by atoms with Crippen LogP contribution in [0.15, 0.2) is 10.7 Å². The molecule has 0 unspecified atom stereocenters. The second kappa shape index (κ2) is 6.33. The molecule has 5 heteroatoms. The minimum Gasteiger partial charge on any atom is -0.369 e. The van der Waals surface area contributed by atoms with Gasteiger partial charge in [-0.3, -0.25) is 0 Å². The van der Waals surface area contributed by atoms with Crippen molar-refractivity contribution in [1.29, 1.82) is 0 Å². The lowest BCUT2D eigenvalue weighted by atomic mass is 10.5. The predicted molar refractivity (Wildman–Crippen MR) is 70.3 cm³/mol. The Labute approximate surface area is 104 Å². The first-order valence-electron chi connectivity index (χ1n) is 5.00. The Hall–Kier alpha value is -0.290. The van der Waals surface area contributed by atoms with Crippen LogP contribution in [-0.4, -0.2) is 21.8 Å². The van der Waals surface area contributed by atoms with Gasteiger partial charge in [-0.25, -0.2) is 9.97 Å². The number of anilines is 1. The molecule has 3 nitrogen and oxygen atoms in total. The maximum Gasteiger partial charge on any atom is 0.144 e. The van der Waals surface area contributed by atoms with E-state index in [-0.39, 0.29) is 0 Å². The van der Waals surface area contributed by atoms with Gasteiger partial charge >= 0.3 is 0 Å². The van der Waals surface area contributed by atoms with Crippen LogP contribution >= 0.6 is 27.7 Å². The number of thioether (sulfide) groups is 1. The largest absolute Gasteiger partial charge is 0.369 e. The summed E-state index contributed by atoms with van der Waals surface area (Å²) in [6.45, 7) is 7.27. The average molecular weight is 290 g/mol. The average Bonchev–Trinajstić information content (AvgIpc) is 2.19. The van der Waals surface area contributed by atoms with E-state index in [4.69, 9.17) is 0 Å². The zero-order chi connectivity index (χ0) is 11.3. The number of aromatic nitrogens is 2. The van der Waals surface area contributed by atoms with Crippen LogP contribution in [0.1, 0.15) is 26.6 Å². The molecular formula is C10H16BrN3S. The zero-order valence-electron chi connectivity index (χ0n) is 9.25. The van der Waals surface area contributed by atoms with E-state index in [1.54, 1.807) is 6.20 Å². The molecule has 84 valence electrons. The lowest BCUT2D eigenvalue weighted by Crippen LogP contribution is -2.04. The normalized spacial score (nSPS) is 10.7. The summed E-state index contributed by atoms with van der Waals surface area (Å²) >= 11 is 5.27. The SMILES string of the molecule is CCNc1nc(CSC(C)C)ncc1Br. The van der Waals surface area contributed by atoms with Crippen LogP contribution in [-0.2, 0) is 5.75 Å². The summed E-state index contributed by atoms with van der Waals surface area (Å²) < 4.78 is 0.919. The van der Waals surface area contributed by atoms with Crippen LogP contribution < -0.4 is 5.32 Å². The van der Waals surface area contributed by atoms with Crippen molar-refractivity contribution in [2.75, 3.05) is 11.9 Å². The molecule has 0 saturated heterocycles. The molecule has 0 aliphatic rings. The third-order valence-corrected chi connectivity index (χ3v) is 3.36. The van der Waals surface area contributed by atoms with Gasteiger partial charge in [0.2, 0.25) is 0 Å². The van der Waals surface area contributed by atoms with Crippen LogP contribution in [0.2, 0.25) is 0 Å². The van der Waals surface area contributed by atoms with E-state index >= 15 is 0 Å². The van der Waals surface area contributed by atoms with Crippen molar-refractivity contribution in [3.05, 3.63) is 16.5 Å². The fourth-order valence-electron chi connectivity index (χ4n) is 1.01. The van der Waals surface area contributed by atoms with E-state index in [0.29, 0.717) is 5.25 Å². The van der Waals surface area contributed by atoms with Crippen LogP contribution in [0, 0.1) is 0 Å². The standard InChI is InChI=1S/C10H16BrN3S/c1-4-12-10-8(11)5-13-9(14-10)6-15-7(2)3/h5,7H,4,6H2,1-3H3,(H,12,13,14). The highest BCUT2D eigenvalue weighted by Gasteiger charge is 2.05. The third kappa shape index (κ3) is 4.38. The maximum absolute atomic E-state index is 4.44. The molecule has 0 aliphatic heterocycles. The summed E-state index contributed by atoms with van der Waals surface area (Å²) in [5.74, 6) is 2.63. The first-order valence-corrected chi connectivity index (χ1v) is 6.84. The van der Waals surface area contributed by atoms with Gasteiger partial charge in [0.1, 0.15) is 11.6 Å². The van der Waals surface area contributed by atoms with Gasteiger partial charge in [0.25, 0.3) is 0 Å². The van der Waals surface area contributed by atoms with Crippen LogP contribution in [0.4, 0.5) is 5.82 Å². The second-order valence-corrected chi connectivity index (χ2v) is 5.79. The summed E-state index contributed by atoms with van der Waals surface area (Å²) in [6, 6.07) is 0. The van der Waals surface area contributed by atoms with Crippen LogP contribution in [0.25, 0.3) is 0 Å². The van der Waals surface area contributed by atoms with Gasteiger partial charge < -0.3 is 5.32 Å². The predicted octanol–water partition coefficient (Wildman–Crippen LogP) is 3.31. The first-order chi connectivity index (χ1) is 7.13. The summed E-state index contributed by atoms with van der Waals surface area (Å²) in [7, 11) is 0. The Balaban J connectivity index is 2.69. The van der Waals surface area contributed by atoms with Crippen LogP contribution in [0.5, 0.6) is 0 Å². The lowest BCUT2D eigenvalue weighted by Gasteiger charge is -2.08. The second-order valence-electron chi connectivity index (χ2n) is 3.37. The van der Waals surface area contributed by atoms with Crippen molar-refractivity contribution in [2.45, 2.75) is 31.8 Å².